The summed E-state index contributed by atoms with van der Waals surface area (Å²) in [6.45, 7) is 7.48. The van der Waals surface area contributed by atoms with E-state index in [0.29, 0.717) is 6.04 Å². The summed E-state index contributed by atoms with van der Waals surface area (Å²) in [6, 6.07) is 6.86. The molecule has 2 atom stereocenters. The highest BCUT2D eigenvalue weighted by Gasteiger charge is 2.14. The van der Waals surface area contributed by atoms with Crippen LogP contribution in [0, 0.1) is 13.8 Å². The van der Waals surface area contributed by atoms with E-state index >= 15 is 0 Å². The van der Waals surface area contributed by atoms with E-state index in [1.807, 2.05) is 6.26 Å². The lowest BCUT2D eigenvalue weighted by atomic mass is 10.1. The quantitative estimate of drug-likeness (QED) is 0.817. The Kier molecular flexibility index (Phi) is 6.03. The van der Waals surface area contributed by atoms with Gasteiger partial charge in [-0.1, -0.05) is 18.2 Å². The number of thioether (sulfide) groups is 1. The van der Waals surface area contributed by atoms with Crippen LogP contribution in [0.25, 0.3) is 0 Å². The van der Waals surface area contributed by atoms with Crippen molar-refractivity contribution in [3.05, 3.63) is 34.9 Å². The van der Waals surface area contributed by atoms with Crippen molar-refractivity contribution in [2.24, 2.45) is 0 Å². The van der Waals surface area contributed by atoms with E-state index in [0.717, 1.165) is 6.54 Å². The van der Waals surface area contributed by atoms with Crippen molar-refractivity contribution in [2.75, 3.05) is 12.9 Å². The molecule has 0 aromatic heterocycles. The Balaban J connectivity index is 2.52. The second kappa shape index (κ2) is 7.04. The first-order valence-corrected chi connectivity index (χ1v) is 7.30. The number of aryl methyl sites for hydroxylation is 2. The minimum absolute atomic E-state index is 0.224. The molecule has 3 heteroatoms. The van der Waals surface area contributed by atoms with Gasteiger partial charge in [0.25, 0.3) is 0 Å². The number of aliphatic hydroxyl groups is 1. The van der Waals surface area contributed by atoms with Crippen molar-refractivity contribution in [1.29, 1.82) is 0 Å². The molecule has 0 saturated carbocycles. The minimum Gasteiger partial charge on any atom is -0.395 e. The lowest BCUT2D eigenvalue weighted by Gasteiger charge is -2.21. The lowest BCUT2D eigenvalue weighted by molar-refractivity contribution is 0.276. The predicted octanol–water partition coefficient (Wildman–Crippen LogP) is 2.51. The topological polar surface area (TPSA) is 32.3 Å². The van der Waals surface area contributed by atoms with Crippen LogP contribution in [-0.2, 0) is 6.54 Å². The second-order valence-electron chi connectivity index (χ2n) is 4.54. The van der Waals surface area contributed by atoms with E-state index in [2.05, 4.69) is 44.3 Å². The molecule has 1 aromatic carbocycles. The summed E-state index contributed by atoms with van der Waals surface area (Å²) < 4.78 is 0. The fourth-order valence-corrected chi connectivity index (χ4v) is 2.41. The van der Waals surface area contributed by atoms with E-state index < -0.39 is 0 Å². The number of benzene rings is 1. The Morgan fingerprint density at radius 2 is 2.00 bits per heavy atom. The molecule has 0 spiro atoms. The zero-order valence-electron chi connectivity index (χ0n) is 11.2. The van der Waals surface area contributed by atoms with Crippen molar-refractivity contribution in [1.82, 2.24) is 5.32 Å². The highest BCUT2D eigenvalue weighted by molar-refractivity contribution is 7.99. The molecule has 96 valence electrons. The van der Waals surface area contributed by atoms with E-state index in [9.17, 15) is 5.11 Å². The molecule has 0 heterocycles. The highest BCUT2D eigenvalue weighted by Crippen LogP contribution is 2.13. The molecule has 0 aliphatic carbocycles. The Morgan fingerprint density at radius 1 is 1.29 bits per heavy atom. The van der Waals surface area contributed by atoms with Gasteiger partial charge in [-0.05, 0) is 43.7 Å². The van der Waals surface area contributed by atoms with Gasteiger partial charge in [0.15, 0.2) is 0 Å². The third-order valence-electron chi connectivity index (χ3n) is 3.24. The first-order valence-electron chi connectivity index (χ1n) is 6.01. The summed E-state index contributed by atoms with van der Waals surface area (Å²) >= 11 is 1.71. The maximum atomic E-state index is 9.21. The van der Waals surface area contributed by atoms with Crippen molar-refractivity contribution < 1.29 is 5.11 Å². The molecule has 2 nitrogen and oxygen atoms in total. The normalized spacial score (nSPS) is 14.6. The smallest absolute Gasteiger partial charge is 0.0564 e. The van der Waals surface area contributed by atoms with Crippen LogP contribution in [-0.4, -0.2) is 29.3 Å². The summed E-state index contributed by atoms with van der Waals surface area (Å²) in [7, 11) is 0. The molecule has 0 aliphatic rings. The van der Waals surface area contributed by atoms with Crippen LogP contribution >= 0.6 is 11.8 Å². The molecule has 0 amide bonds. The molecule has 1 aromatic rings. The Morgan fingerprint density at radius 3 is 2.53 bits per heavy atom. The van der Waals surface area contributed by atoms with Gasteiger partial charge in [0.1, 0.15) is 0 Å². The number of hydrogen-bond acceptors (Lipinski definition) is 3. The molecule has 0 aliphatic heterocycles. The Bertz CT molecular complexity index is 350. The maximum absolute atomic E-state index is 9.21. The summed E-state index contributed by atoms with van der Waals surface area (Å²) in [4.78, 5) is 0. The molecule has 2 N–H and O–H groups in total. The van der Waals surface area contributed by atoms with Gasteiger partial charge in [0.2, 0.25) is 0 Å². The van der Waals surface area contributed by atoms with Crippen LogP contribution in [0.1, 0.15) is 23.6 Å². The number of nitrogens with one attached hydrogen (secondary N) is 1. The molecule has 0 saturated heterocycles. The average molecular weight is 253 g/mol. The molecule has 1 rings (SSSR count). The van der Waals surface area contributed by atoms with E-state index in [4.69, 9.17) is 0 Å². The Labute approximate surface area is 109 Å². The van der Waals surface area contributed by atoms with Crippen molar-refractivity contribution in [3.8, 4) is 0 Å². The lowest BCUT2D eigenvalue weighted by Crippen LogP contribution is -2.37. The first-order chi connectivity index (χ1) is 8.08. The average Bonchev–Trinajstić information content (AvgIpc) is 2.32. The third kappa shape index (κ3) is 4.34. The van der Waals surface area contributed by atoms with Gasteiger partial charge < -0.3 is 10.4 Å². The van der Waals surface area contributed by atoms with E-state index in [1.165, 1.54) is 16.7 Å². The SMILES string of the molecule is CSC(CO)C(C)NCc1ccc(C)c(C)c1. The molecular formula is C14H23NOS. The fourth-order valence-electron chi connectivity index (χ4n) is 1.76. The predicted molar refractivity (Wildman–Crippen MR) is 76.6 cm³/mol. The van der Waals surface area contributed by atoms with Gasteiger partial charge in [-0.2, -0.15) is 11.8 Å². The zero-order chi connectivity index (χ0) is 12.8. The first kappa shape index (κ1) is 14.6. The minimum atomic E-state index is 0.224. The van der Waals surface area contributed by atoms with Crippen molar-refractivity contribution in [3.63, 3.8) is 0 Å². The molecule has 0 fully saturated rings. The van der Waals surface area contributed by atoms with Gasteiger partial charge in [-0.25, -0.2) is 0 Å². The highest BCUT2D eigenvalue weighted by atomic mass is 32.2. The monoisotopic (exact) mass is 253 g/mol. The van der Waals surface area contributed by atoms with Crippen molar-refractivity contribution >= 4 is 11.8 Å². The Hall–Kier alpha value is -0.510. The summed E-state index contributed by atoms with van der Waals surface area (Å²) in [5, 5.41) is 12.9. The summed E-state index contributed by atoms with van der Waals surface area (Å²) in [5.74, 6) is 0. The van der Waals surface area contributed by atoms with Crippen LogP contribution in [0.15, 0.2) is 18.2 Å². The third-order valence-corrected chi connectivity index (χ3v) is 4.40. The molecular weight excluding hydrogens is 230 g/mol. The van der Waals surface area contributed by atoms with E-state index in [1.54, 1.807) is 11.8 Å². The standard InChI is InChI=1S/C14H23NOS/c1-10-5-6-13(7-11(10)2)8-15-12(3)14(9-16)17-4/h5-7,12,14-16H,8-9H2,1-4H3. The molecule has 0 bridgehead atoms. The van der Waals surface area contributed by atoms with E-state index in [-0.39, 0.29) is 11.9 Å². The summed E-state index contributed by atoms with van der Waals surface area (Å²) in [6.07, 6.45) is 2.04. The number of rotatable bonds is 6. The molecule has 0 radical (unpaired) electrons. The zero-order valence-corrected chi connectivity index (χ0v) is 12.0. The second-order valence-corrected chi connectivity index (χ2v) is 5.62. The van der Waals surface area contributed by atoms with Gasteiger partial charge in [0, 0.05) is 17.8 Å². The van der Waals surface area contributed by atoms with Crippen LogP contribution in [0.2, 0.25) is 0 Å². The maximum Gasteiger partial charge on any atom is 0.0564 e. The van der Waals surface area contributed by atoms with Gasteiger partial charge in [0.05, 0.1) is 6.61 Å². The van der Waals surface area contributed by atoms with Crippen LogP contribution in [0.3, 0.4) is 0 Å². The summed E-state index contributed by atoms with van der Waals surface area (Å²) in [5.41, 5.74) is 3.97. The van der Waals surface area contributed by atoms with Gasteiger partial charge in [-0.3, -0.25) is 0 Å². The molecule has 17 heavy (non-hydrogen) atoms. The molecule has 2 unspecified atom stereocenters. The number of aliphatic hydroxyl groups excluding tert-OH is 1. The fraction of sp³-hybridized carbons (Fsp3) is 0.571. The van der Waals surface area contributed by atoms with Gasteiger partial charge >= 0.3 is 0 Å². The van der Waals surface area contributed by atoms with Crippen LogP contribution in [0.4, 0.5) is 0 Å². The largest absolute Gasteiger partial charge is 0.395 e. The van der Waals surface area contributed by atoms with Gasteiger partial charge in [-0.15, -0.1) is 0 Å². The van der Waals surface area contributed by atoms with Crippen LogP contribution in [0.5, 0.6) is 0 Å². The van der Waals surface area contributed by atoms with Crippen LogP contribution < -0.4 is 5.32 Å². The number of hydrogen-bond donors (Lipinski definition) is 2. The van der Waals surface area contributed by atoms with Crippen molar-refractivity contribution in [2.45, 2.75) is 38.6 Å².